The number of hydrogen-bond donors (Lipinski definition) is 1. The van der Waals surface area contributed by atoms with E-state index in [2.05, 4.69) is 9.88 Å². The van der Waals surface area contributed by atoms with E-state index < -0.39 is 0 Å². The molecule has 0 aromatic carbocycles. The molecular weight excluding hydrogens is 266 g/mol. The lowest BCUT2D eigenvalue weighted by Crippen LogP contribution is -2.27. The molecule has 0 aliphatic heterocycles. The topological polar surface area (TPSA) is 68.5 Å². The molecule has 1 aliphatic carbocycles. The first-order chi connectivity index (χ1) is 10.1. The van der Waals surface area contributed by atoms with Crippen LogP contribution in [-0.2, 0) is 4.74 Å². The van der Waals surface area contributed by atoms with E-state index in [1.807, 2.05) is 7.05 Å². The van der Waals surface area contributed by atoms with E-state index in [-0.39, 0.29) is 5.97 Å². The number of hydrogen-bond acceptors (Lipinski definition) is 5. The lowest BCUT2D eigenvalue weighted by atomic mass is 9.89. The van der Waals surface area contributed by atoms with E-state index in [1.165, 1.54) is 32.1 Å². The van der Waals surface area contributed by atoms with Crippen LogP contribution in [0.5, 0.6) is 0 Å². The Morgan fingerprint density at radius 1 is 1.43 bits per heavy atom. The molecule has 0 spiro atoms. The second-order valence-corrected chi connectivity index (χ2v) is 5.73. The Bertz CT molecular complexity index is 484. The number of carbonyl (C=O) groups is 1. The van der Waals surface area contributed by atoms with Gasteiger partial charge in [0.15, 0.2) is 0 Å². The summed E-state index contributed by atoms with van der Waals surface area (Å²) in [5, 5.41) is 0. The lowest BCUT2D eigenvalue weighted by molar-refractivity contribution is 0.0527. The van der Waals surface area contributed by atoms with Crippen molar-refractivity contribution < 1.29 is 9.53 Å². The van der Waals surface area contributed by atoms with Crippen LogP contribution in [0.25, 0.3) is 0 Å². The number of anilines is 2. The SMILES string of the molecule is CCOC(=O)c1cc(N(C)CC2CCCCC2)ncc1N. The fourth-order valence-corrected chi connectivity index (χ4v) is 2.90. The summed E-state index contributed by atoms with van der Waals surface area (Å²) in [5.74, 6) is 1.11. The maximum atomic E-state index is 11.9. The van der Waals surface area contributed by atoms with Crippen molar-refractivity contribution in [2.75, 3.05) is 30.8 Å². The molecule has 1 aliphatic rings. The molecule has 1 saturated carbocycles. The third-order valence-electron chi connectivity index (χ3n) is 4.06. The minimum absolute atomic E-state index is 0.341. The fraction of sp³-hybridized carbons (Fsp3) is 0.625. The van der Waals surface area contributed by atoms with Gasteiger partial charge in [-0.25, -0.2) is 9.78 Å². The van der Waals surface area contributed by atoms with Crippen molar-refractivity contribution in [2.45, 2.75) is 39.0 Å². The molecule has 0 saturated heterocycles. The summed E-state index contributed by atoms with van der Waals surface area (Å²) >= 11 is 0. The van der Waals surface area contributed by atoms with Gasteiger partial charge in [0.05, 0.1) is 24.1 Å². The molecule has 0 amide bonds. The van der Waals surface area contributed by atoms with Crippen LogP contribution < -0.4 is 10.6 Å². The highest BCUT2D eigenvalue weighted by Gasteiger charge is 2.18. The molecule has 1 fully saturated rings. The number of rotatable bonds is 5. The van der Waals surface area contributed by atoms with Gasteiger partial charge in [0.25, 0.3) is 0 Å². The molecule has 5 heteroatoms. The molecule has 0 radical (unpaired) electrons. The van der Waals surface area contributed by atoms with Gasteiger partial charge in [-0.3, -0.25) is 0 Å². The number of ether oxygens (including phenoxy) is 1. The quantitative estimate of drug-likeness (QED) is 0.845. The number of nitrogen functional groups attached to an aromatic ring is 1. The van der Waals surface area contributed by atoms with Crippen LogP contribution in [0.1, 0.15) is 49.4 Å². The third kappa shape index (κ3) is 4.09. The molecule has 21 heavy (non-hydrogen) atoms. The number of aromatic nitrogens is 1. The van der Waals surface area contributed by atoms with E-state index in [0.29, 0.717) is 23.8 Å². The van der Waals surface area contributed by atoms with Crippen LogP contribution in [0.4, 0.5) is 11.5 Å². The van der Waals surface area contributed by atoms with Gasteiger partial charge in [0.2, 0.25) is 0 Å². The molecule has 1 heterocycles. The highest BCUT2D eigenvalue weighted by atomic mass is 16.5. The summed E-state index contributed by atoms with van der Waals surface area (Å²) in [4.78, 5) is 18.3. The number of esters is 1. The smallest absolute Gasteiger partial charge is 0.340 e. The Kier molecular flexibility index (Phi) is 5.42. The van der Waals surface area contributed by atoms with Crippen molar-refractivity contribution in [3.63, 3.8) is 0 Å². The second-order valence-electron chi connectivity index (χ2n) is 5.73. The fourth-order valence-electron chi connectivity index (χ4n) is 2.90. The summed E-state index contributed by atoms with van der Waals surface area (Å²) in [5.41, 5.74) is 6.59. The average Bonchev–Trinajstić information content (AvgIpc) is 2.48. The van der Waals surface area contributed by atoms with Gasteiger partial charge < -0.3 is 15.4 Å². The van der Waals surface area contributed by atoms with Gasteiger partial charge >= 0.3 is 5.97 Å². The van der Waals surface area contributed by atoms with Crippen molar-refractivity contribution in [3.05, 3.63) is 17.8 Å². The molecular formula is C16H25N3O2. The Labute approximate surface area is 126 Å². The number of carbonyl (C=O) groups excluding carboxylic acids is 1. The third-order valence-corrected chi connectivity index (χ3v) is 4.06. The average molecular weight is 291 g/mol. The van der Waals surface area contributed by atoms with E-state index in [4.69, 9.17) is 10.5 Å². The molecule has 1 aromatic rings. The number of nitrogens with two attached hydrogens (primary N) is 1. The number of pyridine rings is 1. The van der Waals surface area contributed by atoms with E-state index in [0.717, 1.165) is 12.4 Å². The first kappa shape index (κ1) is 15.6. The van der Waals surface area contributed by atoms with Crippen LogP contribution in [0.3, 0.4) is 0 Å². The molecule has 0 unspecified atom stereocenters. The van der Waals surface area contributed by atoms with Gasteiger partial charge in [-0.2, -0.15) is 0 Å². The Morgan fingerprint density at radius 2 is 2.14 bits per heavy atom. The van der Waals surface area contributed by atoms with Crippen LogP contribution >= 0.6 is 0 Å². The maximum Gasteiger partial charge on any atom is 0.340 e. The standard InChI is InChI=1S/C16H25N3O2/c1-3-21-16(20)13-9-15(18-10-14(13)17)19(2)11-12-7-5-4-6-8-12/h9-10,12H,3-8,11,17H2,1-2H3. The predicted molar refractivity (Wildman–Crippen MR) is 84.5 cm³/mol. The van der Waals surface area contributed by atoms with Crippen LogP contribution in [0.15, 0.2) is 12.3 Å². The first-order valence-electron chi connectivity index (χ1n) is 7.75. The normalized spacial score (nSPS) is 15.7. The molecule has 5 nitrogen and oxygen atoms in total. The minimum atomic E-state index is -0.385. The molecule has 0 bridgehead atoms. The van der Waals surface area contributed by atoms with Gasteiger partial charge in [-0.15, -0.1) is 0 Å². The lowest BCUT2D eigenvalue weighted by Gasteiger charge is -2.28. The predicted octanol–water partition coefficient (Wildman–Crippen LogP) is 2.86. The maximum absolute atomic E-state index is 11.9. The molecule has 2 rings (SSSR count). The zero-order chi connectivity index (χ0) is 15.2. The number of nitrogens with zero attached hydrogens (tertiary/aromatic N) is 2. The Morgan fingerprint density at radius 3 is 2.81 bits per heavy atom. The molecule has 116 valence electrons. The largest absolute Gasteiger partial charge is 0.462 e. The van der Waals surface area contributed by atoms with Crippen LogP contribution in [0, 0.1) is 5.92 Å². The molecule has 2 N–H and O–H groups in total. The van der Waals surface area contributed by atoms with Crippen LogP contribution in [0.2, 0.25) is 0 Å². The minimum Gasteiger partial charge on any atom is -0.462 e. The van der Waals surface area contributed by atoms with Gasteiger partial charge in [-0.05, 0) is 31.7 Å². The van der Waals surface area contributed by atoms with Crippen LogP contribution in [-0.4, -0.2) is 31.2 Å². The highest BCUT2D eigenvalue weighted by Crippen LogP contribution is 2.26. The summed E-state index contributed by atoms with van der Waals surface area (Å²) in [6, 6.07) is 1.73. The van der Waals surface area contributed by atoms with Gasteiger partial charge in [0, 0.05) is 13.6 Å². The molecule has 1 aromatic heterocycles. The summed E-state index contributed by atoms with van der Waals surface area (Å²) in [7, 11) is 2.02. The Hall–Kier alpha value is -1.78. The zero-order valence-corrected chi connectivity index (χ0v) is 13.0. The van der Waals surface area contributed by atoms with Crippen molar-refractivity contribution in [2.24, 2.45) is 5.92 Å². The monoisotopic (exact) mass is 291 g/mol. The van der Waals surface area contributed by atoms with Gasteiger partial charge in [-0.1, -0.05) is 19.3 Å². The van der Waals surface area contributed by atoms with E-state index in [1.54, 1.807) is 19.2 Å². The summed E-state index contributed by atoms with van der Waals surface area (Å²) < 4.78 is 5.03. The highest BCUT2D eigenvalue weighted by molar-refractivity contribution is 5.95. The second kappa shape index (κ2) is 7.29. The van der Waals surface area contributed by atoms with Crippen molar-refractivity contribution in [1.82, 2.24) is 4.98 Å². The van der Waals surface area contributed by atoms with Crippen molar-refractivity contribution in [1.29, 1.82) is 0 Å². The van der Waals surface area contributed by atoms with Crippen molar-refractivity contribution >= 4 is 17.5 Å². The first-order valence-corrected chi connectivity index (χ1v) is 7.75. The van der Waals surface area contributed by atoms with Gasteiger partial charge in [0.1, 0.15) is 5.82 Å². The van der Waals surface area contributed by atoms with E-state index in [9.17, 15) is 4.79 Å². The summed E-state index contributed by atoms with van der Waals surface area (Å²) in [6.07, 6.45) is 8.10. The summed E-state index contributed by atoms with van der Waals surface area (Å²) in [6.45, 7) is 3.10. The van der Waals surface area contributed by atoms with E-state index >= 15 is 0 Å². The molecule has 0 atom stereocenters. The Balaban J connectivity index is 2.08. The van der Waals surface area contributed by atoms with Crippen molar-refractivity contribution in [3.8, 4) is 0 Å². The zero-order valence-electron chi connectivity index (χ0n) is 13.0.